The van der Waals surface area contributed by atoms with Crippen molar-refractivity contribution in [2.24, 2.45) is 5.16 Å². The minimum absolute atomic E-state index is 0.427. The van der Waals surface area contributed by atoms with Crippen molar-refractivity contribution in [3.63, 3.8) is 0 Å². The highest BCUT2D eigenvalue weighted by atomic mass is 16.7. The summed E-state index contributed by atoms with van der Waals surface area (Å²) in [4.78, 5) is 15.5. The van der Waals surface area contributed by atoms with Crippen molar-refractivity contribution in [1.82, 2.24) is 0 Å². The van der Waals surface area contributed by atoms with Crippen LogP contribution in [0.3, 0.4) is 0 Å². The second kappa shape index (κ2) is 7.20. The van der Waals surface area contributed by atoms with Gasteiger partial charge in [-0.05, 0) is 29.7 Å². The van der Waals surface area contributed by atoms with Gasteiger partial charge in [-0.15, -0.1) is 0 Å². The van der Waals surface area contributed by atoms with E-state index in [0.29, 0.717) is 5.71 Å². The van der Waals surface area contributed by atoms with Gasteiger partial charge in [0, 0.05) is 6.92 Å². The van der Waals surface area contributed by atoms with Crippen molar-refractivity contribution in [2.75, 3.05) is 0 Å². The van der Waals surface area contributed by atoms with Crippen LogP contribution < -0.4 is 0 Å². The Labute approximate surface area is 124 Å². The van der Waals surface area contributed by atoms with Gasteiger partial charge in [0.2, 0.25) is 0 Å². The molecule has 0 unspecified atom stereocenters. The van der Waals surface area contributed by atoms with Crippen molar-refractivity contribution in [3.05, 3.63) is 77.9 Å². The van der Waals surface area contributed by atoms with E-state index >= 15 is 0 Å². The maximum absolute atomic E-state index is 10.8. The largest absolute Gasteiger partial charge is 0.331 e. The summed E-state index contributed by atoms with van der Waals surface area (Å²) in [5.74, 6) is -0.427. The molecule has 0 heterocycles. The molecular formula is C18H17NO2. The van der Waals surface area contributed by atoms with Crippen LogP contribution in [0.1, 0.15) is 25.0 Å². The Kier molecular flexibility index (Phi) is 5.04. The third-order valence-electron chi connectivity index (χ3n) is 2.84. The molecule has 0 spiro atoms. The minimum atomic E-state index is -0.427. The molecule has 2 aromatic carbocycles. The molecule has 21 heavy (non-hydrogen) atoms. The summed E-state index contributed by atoms with van der Waals surface area (Å²) < 4.78 is 0. The summed E-state index contributed by atoms with van der Waals surface area (Å²) >= 11 is 0. The van der Waals surface area contributed by atoms with Crippen molar-refractivity contribution in [1.29, 1.82) is 0 Å². The smallest absolute Gasteiger partial charge is 0.318 e. The molecule has 0 aliphatic carbocycles. The zero-order chi connectivity index (χ0) is 15.1. The van der Waals surface area contributed by atoms with Gasteiger partial charge in [-0.1, -0.05) is 65.8 Å². The number of oxime groups is 1. The van der Waals surface area contributed by atoms with E-state index in [1.807, 2.05) is 66.7 Å². The molecule has 0 aliphatic rings. The van der Waals surface area contributed by atoms with E-state index in [4.69, 9.17) is 0 Å². The van der Waals surface area contributed by atoms with Crippen molar-refractivity contribution >= 4 is 17.3 Å². The zero-order valence-electron chi connectivity index (χ0n) is 12.1. The van der Waals surface area contributed by atoms with Crippen LogP contribution in [0.2, 0.25) is 0 Å². The van der Waals surface area contributed by atoms with Gasteiger partial charge in [0.25, 0.3) is 0 Å². The first-order valence-corrected chi connectivity index (χ1v) is 6.71. The zero-order valence-corrected chi connectivity index (χ0v) is 12.1. The molecule has 2 aromatic rings. The number of carbonyl (C=O) groups is 1. The van der Waals surface area contributed by atoms with E-state index in [0.717, 1.165) is 16.7 Å². The highest BCUT2D eigenvalue weighted by molar-refractivity contribution is 6.02. The standard InChI is InChI=1S/C18H17NO2/c1-14(19-21-15(2)20)13-18(16-9-5-3-6-10-16)17-11-7-4-8-12-17/h3-13H,1-2H3/b19-14+. The van der Waals surface area contributed by atoms with Crippen molar-refractivity contribution in [3.8, 4) is 0 Å². The van der Waals surface area contributed by atoms with E-state index in [1.54, 1.807) is 6.92 Å². The summed E-state index contributed by atoms with van der Waals surface area (Å²) in [5.41, 5.74) is 3.83. The minimum Gasteiger partial charge on any atom is -0.318 e. The van der Waals surface area contributed by atoms with Gasteiger partial charge in [-0.25, -0.2) is 4.79 Å². The lowest BCUT2D eigenvalue weighted by atomic mass is 9.97. The lowest BCUT2D eigenvalue weighted by Crippen LogP contribution is -1.97. The first-order chi connectivity index (χ1) is 10.2. The van der Waals surface area contributed by atoms with E-state index in [-0.39, 0.29) is 0 Å². The van der Waals surface area contributed by atoms with E-state index in [2.05, 4.69) is 9.99 Å². The van der Waals surface area contributed by atoms with Gasteiger partial charge >= 0.3 is 5.97 Å². The fraction of sp³-hybridized carbons (Fsp3) is 0.111. The van der Waals surface area contributed by atoms with Gasteiger partial charge in [-0.2, -0.15) is 0 Å². The van der Waals surface area contributed by atoms with Crippen LogP contribution in [0, 0.1) is 0 Å². The van der Waals surface area contributed by atoms with Crippen LogP contribution in [-0.2, 0) is 9.63 Å². The highest BCUT2D eigenvalue weighted by Crippen LogP contribution is 2.23. The van der Waals surface area contributed by atoms with Crippen molar-refractivity contribution < 1.29 is 9.63 Å². The Hall–Kier alpha value is -2.68. The topological polar surface area (TPSA) is 38.7 Å². The van der Waals surface area contributed by atoms with Gasteiger partial charge in [0.15, 0.2) is 0 Å². The number of hydrogen-bond acceptors (Lipinski definition) is 3. The molecule has 0 saturated carbocycles. The molecule has 3 nitrogen and oxygen atoms in total. The number of benzene rings is 2. The van der Waals surface area contributed by atoms with Crippen molar-refractivity contribution in [2.45, 2.75) is 13.8 Å². The monoisotopic (exact) mass is 279 g/mol. The summed E-state index contributed by atoms with van der Waals surface area (Å²) in [7, 11) is 0. The molecule has 0 saturated heterocycles. The predicted molar refractivity (Wildman–Crippen MR) is 84.8 cm³/mol. The molecule has 0 amide bonds. The van der Waals surface area contributed by atoms with E-state index in [9.17, 15) is 4.79 Å². The van der Waals surface area contributed by atoms with Crippen LogP contribution in [0.25, 0.3) is 5.57 Å². The van der Waals surface area contributed by atoms with Gasteiger partial charge in [-0.3, -0.25) is 0 Å². The van der Waals surface area contributed by atoms with Crippen LogP contribution in [0.4, 0.5) is 0 Å². The molecule has 3 heteroatoms. The molecule has 0 aromatic heterocycles. The Morgan fingerprint density at radius 2 is 1.38 bits per heavy atom. The summed E-state index contributed by atoms with van der Waals surface area (Å²) in [6.45, 7) is 3.13. The molecule has 0 atom stereocenters. The molecule has 106 valence electrons. The maximum atomic E-state index is 10.8. The fourth-order valence-electron chi connectivity index (χ4n) is 1.94. The van der Waals surface area contributed by atoms with Gasteiger partial charge in [0.05, 0.1) is 5.71 Å². The third kappa shape index (κ3) is 4.42. The molecular weight excluding hydrogens is 262 g/mol. The molecule has 2 rings (SSSR count). The Morgan fingerprint density at radius 1 is 0.905 bits per heavy atom. The van der Waals surface area contributed by atoms with Crippen LogP contribution in [-0.4, -0.2) is 11.7 Å². The van der Waals surface area contributed by atoms with Crippen LogP contribution in [0.5, 0.6) is 0 Å². The van der Waals surface area contributed by atoms with Crippen LogP contribution in [0.15, 0.2) is 71.9 Å². The van der Waals surface area contributed by atoms with E-state index < -0.39 is 5.97 Å². The van der Waals surface area contributed by atoms with E-state index in [1.165, 1.54) is 6.92 Å². The molecule has 0 N–H and O–H groups in total. The second-order valence-electron chi connectivity index (χ2n) is 4.61. The normalized spacial score (nSPS) is 10.9. The number of hydrogen-bond donors (Lipinski definition) is 0. The molecule has 0 fully saturated rings. The average Bonchev–Trinajstić information content (AvgIpc) is 2.52. The SMILES string of the molecule is CC(=O)O/N=C(\C)C=C(c1ccccc1)c1ccccc1. The molecule has 0 radical (unpaired) electrons. The first-order valence-electron chi connectivity index (χ1n) is 6.71. The quantitative estimate of drug-likeness (QED) is 0.481. The maximum Gasteiger partial charge on any atom is 0.331 e. The number of carbonyl (C=O) groups excluding carboxylic acids is 1. The lowest BCUT2D eigenvalue weighted by molar-refractivity contribution is -0.140. The van der Waals surface area contributed by atoms with Gasteiger partial charge < -0.3 is 4.84 Å². The Morgan fingerprint density at radius 3 is 1.81 bits per heavy atom. The second-order valence-corrected chi connectivity index (χ2v) is 4.61. The Bertz CT molecular complexity index is 617. The summed E-state index contributed by atoms with van der Waals surface area (Å²) in [6.07, 6.45) is 1.91. The first kappa shape index (κ1) is 14.7. The Balaban J connectivity index is 2.42. The summed E-state index contributed by atoms with van der Waals surface area (Å²) in [6, 6.07) is 20.1. The predicted octanol–water partition coefficient (Wildman–Crippen LogP) is 4.06. The van der Waals surface area contributed by atoms with Crippen LogP contribution >= 0.6 is 0 Å². The molecule has 0 aliphatic heterocycles. The fourth-order valence-corrected chi connectivity index (χ4v) is 1.94. The summed E-state index contributed by atoms with van der Waals surface area (Å²) in [5, 5.41) is 3.81. The number of nitrogens with zero attached hydrogens (tertiary/aromatic N) is 1. The number of rotatable bonds is 4. The lowest BCUT2D eigenvalue weighted by Gasteiger charge is -2.08. The van der Waals surface area contributed by atoms with Gasteiger partial charge in [0.1, 0.15) is 0 Å². The number of allylic oxidation sites excluding steroid dienone is 1. The third-order valence-corrected chi connectivity index (χ3v) is 2.84. The molecule has 0 bridgehead atoms. The average molecular weight is 279 g/mol. The highest BCUT2D eigenvalue weighted by Gasteiger charge is 2.05.